The van der Waals surface area contributed by atoms with Gasteiger partial charge in [0.25, 0.3) is 0 Å². The van der Waals surface area contributed by atoms with Crippen molar-refractivity contribution in [2.24, 2.45) is 0 Å². The lowest BCUT2D eigenvalue weighted by Gasteiger charge is -2.10. The predicted molar refractivity (Wildman–Crippen MR) is 114 cm³/mol. The fourth-order valence-electron chi connectivity index (χ4n) is 3.79. The first-order valence-electron chi connectivity index (χ1n) is 8.96. The molecule has 0 aliphatic heterocycles. The van der Waals surface area contributed by atoms with Gasteiger partial charge in [0.05, 0.1) is 0 Å². The van der Waals surface area contributed by atoms with Crippen molar-refractivity contribution in [3.8, 4) is 0 Å². The third kappa shape index (κ3) is 2.48. The predicted octanol–water partition coefficient (Wildman–Crippen LogP) is 7.32. The van der Waals surface area contributed by atoms with Gasteiger partial charge in [-0.2, -0.15) is 0 Å². The van der Waals surface area contributed by atoms with E-state index in [2.05, 4.69) is 109 Å². The minimum absolute atomic E-state index is 1.22. The van der Waals surface area contributed by atoms with Gasteiger partial charge in [0.15, 0.2) is 0 Å². The van der Waals surface area contributed by atoms with Crippen LogP contribution in [0.5, 0.6) is 0 Å². The minimum atomic E-state index is 1.22. The fraction of sp³-hybridized carbons (Fsp3) is 0. The third-order valence-electron chi connectivity index (χ3n) is 5.04. The Balaban J connectivity index is 1.85. The molecule has 0 saturated heterocycles. The van der Waals surface area contributed by atoms with Gasteiger partial charge in [0.2, 0.25) is 0 Å². The van der Waals surface area contributed by atoms with Crippen LogP contribution in [0.15, 0.2) is 97.1 Å². The second-order valence-electron chi connectivity index (χ2n) is 6.64. The van der Waals surface area contributed by atoms with Crippen LogP contribution < -0.4 is 0 Å². The van der Waals surface area contributed by atoms with Crippen molar-refractivity contribution < 1.29 is 0 Å². The lowest BCUT2D eigenvalue weighted by atomic mass is 9.93. The van der Waals surface area contributed by atoms with Crippen molar-refractivity contribution in [3.63, 3.8) is 0 Å². The molecule has 0 heteroatoms. The van der Waals surface area contributed by atoms with E-state index < -0.39 is 0 Å². The first-order valence-corrected chi connectivity index (χ1v) is 8.96. The Hall–Kier alpha value is -3.38. The second-order valence-corrected chi connectivity index (χ2v) is 6.64. The lowest BCUT2D eigenvalue weighted by Crippen LogP contribution is -1.84. The molecule has 0 unspecified atom stereocenters. The quantitative estimate of drug-likeness (QED) is 0.235. The van der Waals surface area contributed by atoms with Crippen LogP contribution in [0.25, 0.3) is 44.5 Å². The summed E-state index contributed by atoms with van der Waals surface area (Å²) in [6.07, 6.45) is 4.43. The zero-order chi connectivity index (χ0) is 17.3. The van der Waals surface area contributed by atoms with Gasteiger partial charge in [-0.3, -0.25) is 0 Å². The third-order valence-corrected chi connectivity index (χ3v) is 5.04. The highest BCUT2D eigenvalue weighted by molar-refractivity contribution is 6.22. The number of hydrogen-bond acceptors (Lipinski definition) is 0. The van der Waals surface area contributed by atoms with E-state index in [0.717, 1.165) is 0 Å². The van der Waals surface area contributed by atoms with Gasteiger partial charge in [0.1, 0.15) is 0 Å². The first kappa shape index (κ1) is 14.9. The summed E-state index contributed by atoms with van der Waals surface area (Å²) in [5, 5.41) is 7.84. The molecule has 0 radical (unpaired) electrons. The average molecular weight is 330 g/mol. The molecule has 5 aromatic rings. The van der Waals surface area contributed by atoms with Crippen LogP contribution in [-0.4, -0.2) is 0 Å². The van der Waals surface area contributed by atoms with Gasteiger partial charge in [-0.25, -0.2) is 0 Å². The zero-order valence-electron chi connectivity index (χ0n) is 14.4. The highest BCUT2D eigenvalue weighted by Crippen LogP contribution is 2.34. The van der Waals surface area contributed by atoms with Crippen molar-refractivity contribution in [2.45, 2.75) is 0 Å². The highest BCUT2D eigenvalue weighted by atomic mass is 14.1. The summed E-state index contributed by atoms with van der Waals surface area (Å²) in [6.45, 7) is 0. The number of benzene rings is 5. The lowest BCUT2D eigenvalue weighted by molar-refractivity contribution is 1.66. The summed E-state index contributed by atoms with van der Waals surface area (Å²) >= 11 is 0. The van der Waals surface area contributed by atoms with E-state index >= 15 is 0 Å². The molecule has 0 N–H and O–H groups in total. The van der Waals surface area contributed by atoms with Gasteiger partial charge >= 0.3 is 0 Å². The van der Waals surface area contributed by atoms with Crippen LogP contribution in [0, 0.1) is 0 Å². The molecule has 5 aromatic carbocycles. The summed E-state index contributed by atoms with van der Waals surface area (Å²) in [5.41, 5.74) is 2.47. The Morgan fingerprint density at radius 3 is 1.92 bits per heavy atom. The molecule has 122 valence electrons. The van der Waals surface area contributed by atoms with Gasteiger partial charge in [0, 0.05) is 0 Å². The first-order chi connectivity index (χ1) is 12.9. The van der Waals surface area contributed by atoms with E-state index in [1.165, 1.54) is 43.4 Å². The molecule has 0 saturated carbocycles. The van der Waals surface area contributed by atoms with Crippen molar-refractivity contribution >= 4 is 44.5 Å². The van der Waals surface area contributed by atoms with E-state index in [1.54, 1.807) is 0 Å². The largest absolute Gasteiger partial charge is 0.0622 e. The Morgan fingerprint density at radius 2 is 1.08 bits per heavy atom. The van der Waals surface area contributed by atoms with Crippen LogP contribution in [-0.2, 0) is 0 Å². The number of hydrogen-bond donors (Lipinski definition) is 0. The smallest absolute Gasteiger partial charge is 0.00208 e. The van der Waals surface area contributed by atoms with E-state index in [0.29, 0.717) is 0 Å². The summed E-state index contributed by atoms with van der Waals surface area (Å²) in [5.74, 6) is 0. The van der Waals surface area contributed by atoms with Crippen molar-refractivity contribution in [2.75, 3.05) is 0 Å². The van der Waals surface area contributed by atoms with Gasteiger partial charge in [-0.05, 0) is 43.4 Å². The van der Waals surface area contributed by atoms with Gasteiger partial charge < -0.3 is 0 Å². The molecule has 0 spiro atoms. The summed E-state index contributed by atoms with van der Waals surface area (Å²) in [6, 6.07) is 34.6. The molecule has 0 nitrogen and oxygen atoms in total. The van der Waals surface area contributed by atoms with E-state index in [1.807, 2.05) is 0 Å². The summed E-state index contributed by atoms with van der Waals surface area (Å²) in [7, 11) is 0. The maximum absolute atomic E-state index is 2.24. The standard InChI is InChI=1S/C26H18/c1-2-7-19(8-3-1)13-14-21-10-6-11-22-17-18-23-16-15-20-9-4-5-12-24(20)26(23)25(21)22/h1-18H/b14-13-. The zero-order valence-corrected chi connectivity index (χ0v) is 14.4. The molecule has 26 heavy (non-hydrogen) atoms. The van der Waals surface area contributed by atoms with Crippen molar-refractivity contribution in [1.82, 2.24) is 0 Å². The molecule has 0 aliphatic rings. The Labute approximate surface area is 153 Å². The monoisotopic (exact) mass is 330 g/mol. The maximum atomic E-state index is 2.24. The Morgan fingerprint density at radius 1 is 0.423 bits per heavy atom. The van der Waals surface area contributed by atoms with Gasteiger partial charge in [-0.15, -0.1) is 0 Å². The number of fused-ring (bicyclic) bond motifs is 5. The Kier molecular flexibility index (Phi) is 3.54. The molecule has 0 bridgehead atoms. The normalized spacial score (nSPS) is 11.7. The molecule has 0 heterocycles. The molecule has 0 amide bonds. The van der Waals surface area contributed by atoms with E-state index in [4.69, 9.17) is 0 Å². The second kappa shape index (κ2) is 6.16. The van der Waals surface area contributed by atoms with Crippen LogP contribution in [0.4, 0.5) is 0 Å². The summed E-state index contributed by atoms with van der Waals surface area (Å²) in [4.78, 5) is 0. The van der Waals surface area contributed by atoms with Crippen LogP contribution in [0.1, 0.15) is 11.1 Å². The van der Waals surface area contributed by atoms with E-state index in [-0.39, 0.29) is 0 Å². The molecule has 5 rings (SSSR count). The molecule has 0 atom stereocenters. The average Bonchev–Trinajstić information content (AvgIpc) is 2.72. The molecule has 0 fully saturated rings. The van der Waals surface area contributed by atoms with Crippen LogP contribution in [0.3, 0.4) is 0 Å². The molecule has 0 aromatic heterocycles. The van der Waals surface area contributed by atoms with Crippen LogP contribution in [0.2, 0.25) is 0 Å². The van der Waals surface area contributed by atoms with Crippen molar-refractivity contribution in [1.29, 1.82) is 0 Å². The SMILES string of the molecule is C(=C/c1cccc2ccc3ccc4ccccc4c3c12)/c1ccccc1. The molecule has 0 aliphatic carbocycles. The maximum Gasteiger partial charge on any atom is -0.00208 e. The minimum Gasteiger partial charge on any atom is -0.0622 e. The van der Waals surface area contributed by atoms with E-state index in [9.17, 15) is 0 Å². The number of rotatable bonds is 2. The fourth-order valence-corrected chi connectivity index (χ4v) is 3.79. The topological polar surface area (TPSA) is 0 Å². The van der Waals surface area contributed by atoms with Crippen LogP contribution >= 0.6 is 0 Å². The molecular formula is C26H18. The highest BCUT2D eigenvalue weighted by Gasteiger charge is 2.07. The summed E-state index contributed by atoms with van der Waals surface area (Å²) < 4.78 is 0. The molecular weight excluding hydrogens is 312 g/mol. The van der Waals surface area contributed by atoms with Crippen molar-refractivity contribution in [3.05, 3.63) is 108 Å². The Bertz CT molecular complexity index is 1260. The van der Waals surface area contributed by atoms with Gasteiger partial charge in [-0.1, -0.05) is 109 Å².